The first-order chi connectivity index (χ1) is 12.3. The third-order valence-corrected chi connectivity index (χ3v) is 3.51. The molecule has 1 N–H and O–H groups in total. The van der Waals surface area contributed by atoms with E-state index in [-0.39, 0.29) is 12.3 Å². The fraction of sp³-hybridized carbons (Fsp3) is 0.263. The van der Waals surface area contributed by atoms with Gasteiger partial charge >= 0.3 is 5.97 Å². The van der Waals surface area contributed by atoms with Gasteiger partial charge in [-0.25, -0.2) is 13.6 Å². The van der Waals surface area contributed by atoms with E-state index < -0.39 is 30.1 Å². The van der Waals surface area contributed by atoms with Crippen LogP contribution in [0.15, 0.2) is 30.3 Å². The molecular formula is C19H19F2NO4. The molecule has 2 aromatic carbocycles. The average molecular weight is 363 g/mol. The molecule has 26 heavy (non-hydrogen) atoms. The Morgan fingerprint density at radius 1 is 1.00 bits per heavy atom. The van der Waals surface area contributed by atoms with Crippen molar-refractivity contribution in [2.45, 2.75) is 20.8 Å². The molecule has 2 rings (SSSR count). The molecule has 0 spiro atoms. The van der Waals surface area contributed by atoms with Crippen LogP contribution in [-0.2, 0) is 14.3 Å². The normalized spacial score (nSPS) is 10.3. The molecule has 5 nitrogen and oxygen atoms in total. The maximum atomic E-state index is 13.4. The van der Waals surface area contributed by atoms with Gasteiger partial charge in [-0.1, -0.05) is 17.7 Å². The Morgan fingerprint density at radius 2 is 1.65 bits per heavy atom. The Morgan fingerprint density at radius 3 is 2.27 bits per heavy atom. The summed E-state index contributed by atoms with van der Waals surface area (Å²) in [4.78, 5) is 23.4. The summed E-state index contributed by atoms with van der Waals surface area (Å²) in [5.41, 5.74) is 2.66. The standard InChI is InChI=1S/C19H19F2NO4/c1-11-6-12(2)19(13(3)7-11)26-10-18(24)25-9-17(23)22-16-5-4-14(20)8-15(16)21/h4-8H,9-10H2,1-3H3,(H,22,23). The summed E-state index contributed by atoms with van der Waals surface area (Å²) >= 11 is 0. The summed E-state index contributed by atoms with van der Waals surface area (Å²) in [6.07, 6.45) is 0. The van der Waals surface area contributed by atoms with E-state index in [0.29, 0.717) is 11.8 Å². The highest BCUT2D eigenvalue weighted by Crippen LogP contribution is 2.24. The number of nitrogens with one attached hydrogen (secondary N) is 1. The van der Waals surface area contributed by atoms with Crippen molar-refractivity contribution in [2.24, 2.45) is 0 Å². The summed E-state index contributed by atoms with van der Waals surface area (Å²) in [7, 11) is 0. The number of hydrogen-bond acceptors (Lipinski definition) is 4. The second kappa shape index (κ2) is 8.42. The van der Waals surface area contributed by atoms with Gasteiger partial charge in [0, 0.05) is 6.07 Å². The topological polar surface area (TPSA) is 64.6 Å². The molecule has 0 aliphatic rings. The number of hydrogen-bond donors (Lipinski definition) is 1. The second-order valence-electron chi connectivity index (χ2n) is 5.85. The lowest BCUT2D eigenvalue weighted by Crippen LogP contribution is -2.24. The summed E-state index contributed by atoms with van der Waals surface area (Å²) in [5.74, 6) is -2.57. The fourth-order valence-corrected chi connectivity index (χ4v) is 2.49. The minimum absolute atomic E-state index is 0.199. The molecule has 0 saturated heterocycles. The van der Waals surface area contributed by atoms with Crippen molar-refractivity contribution in [3.63, 3.8) is 0 Å². The number of aryl methyl sites for hydroxylation is 3. The van der Waals surface area contributed by atoms with Crippen LogP contribution in [0, 0.1) is 32.4 Å². The minimum Gasteiger partial charge on any atom is -0.481 e. The molecule has 0 aromatic heterocycles. The van der Waals surface area contributed by atoms with Gasteiger partial charge in [-0.15, -0.1) is 0 Å². The van der Waals surface area contributed by atoms with E-state index in [2.05, 4.69) is 5.32 Å². The molecule has 0 fully saturated rings. The lowest BCUT2D eigenvalue weighted by Gasteiger charge is -2.13. The molecule has 7 heteroatoms. The van der Waals surface area contributed by atoms with E-state index in [4.69, 9.17) is 9.47 Å². The predicted octanol–water partition coefficient (Wildman–Crippen LogP) is 3.45. The smallest absolute Gasteiger partial charge is 0.344 e. The number of carbonyl (C=O) groups is 2. The number of anilines is 1. The first kappa shape index (κ1) is 19.4. The average Bonchev–Trinajstić information content (AvgIpc) is 2.54. The van der Waals surface area contributed by atoms with Crippen molar-refractivity contribution in [1.29, 1.82) is 0 Å². The van der Waals surface area contributed by atoms with Crippen LogP contribution < -0.4 is 10.1 Å². The highest BCUT2D eigenvalue weighted by Gasteiger charge is 2.13. The monoisotopic (exact) mass is 363 g/mol. The van der Waals surface area contributed by atoms with E-state index in [1.54, 1.807) is 0 Å². The largest absolute Gasteiger partial charge is 0.481 e. The van der Waals surface area contributed by atoms with Gasteiger partial charge in [-0.2, -0.15) is 0 Å². The SMILES string of the molecule is Cc1cc(C)c(OCC(=O)OCC(=O)Nc2ccc(F)cc2F)c(C)c1. The predicted molar refractivity (Wildman–Crippen MR) is 92.1 cm³/mol. The van der Waals surface area contributed by atoms with Crippen LogP contribution >= 0.6 is 0 Å². The van der Waals surface area contributed by atoms with Crippen LogP contribution in [0.25, 0.3) is 0 Å². The quantitative estimate of drug-likeness (QED) is 0.799. The highest BCUT2D eigenvalue weighted by molar-refractivity contribution is 5.92. The van der Waals surface area contributed by atoms with Crippen molar-refractivity contribution in [3.05, 3.63) is 58.7 Å². The van der Waals surface area contributed by atoms with E-state index in [0.717, 1.165) is 28.8 Å². The number of benzene rings is 2. The number of carbonyl (C=O) groups excluding carboxylic acids is 2. The van der Waals surface area contributed by atoms with Crippen molar-refractivity contribution in [2.75, 3.05) is 18.5 Å². The van der Waals surface area contributed by atoms with Crippen LogP contribution in [0.2, 0.25) is 0 Å². The third kappa shape index (κ3) is 5.27. The van der Waals surface area contributed by atoms with Crippen LogP contribution in [0.5, 0.6) is 5.75 Å². The van der Waals surface area contributed by atoms with Crippen LogP contribution in [0.1, 0.15) is 16.7 Å². The Labute approximate surface area is 149 Å². The minimum atomic E-state index is -0.918. The van der Waals surface area contributed by atoms with Crippen molar-refractivity contribution >= 4 is 17.6 Å². The molecule has 0 atom stereocenters. The van der Waals surface area contributed by atoms with Crippen LogP contribution in [0.3, 0.4) is 0 Å². The Balaban J connectivity index is 1.82. The number of esters is 1. The molecule has 138 valence electrons. The van der Waals surface area contributed by atoms with Gasteiger partial charge in [0.1, 0.15) is 17.4 Å². The molecule has 0 saturated carbocycles. The first-order valence-corrected chi connectivity index (χ1v) is 7.87. The molecule has 0 aliphatic heterocycles. The summed E-state index contributed by atoms with van der Waals surface area (Å²) in [5, 5.41) is 2.19. The lowest BCUT2D eigenvalue weighted by atomic mass is 10.1. The van der Waals surface area contributed by atoms with Gasteiger partial charge in [0.25, 0.3) is 5.91 Å². The van der Waals surface area contributed by atoms with Gasteiger partial charge in [0.2, 0.25) is 0 Å². The zero-order valence-electron chi connectivity index (χ0n) is 14.7. The molecule has 2 aromatic rings. The summed E-state index contributed by atoms with van der Waals surface area (Å²) < 4.78 is 36.5. The Bertz CT molecular complexity index is 813. The Kier molecular flexibility index (Phi) is 6.27. The van der Waals surface area contributed by atoms with Crippen molar-refractivity contribution in [3.8, 4) is 5.75 Å². The number of amides is 1. The molecule has 0 radical (unpaired) electrons. The van der Waals surface area contributed by atoms with Gasteiger partial charge in [-0.05, 0) is 44.0 Å². The lowest BCUT2D eigenvalue weighted by molar-refractivity contribution is -0.149. The van der Waals surface area contributed by atoms with Crippen molar-refractivity contribution in [1.82, 2.24) is 0 Å². The van der Waals surface area contributed by atoms with Crippen LogP contribution in [0.4, 0.5) is 14.5 Å². The number of ether oxygens (including phenoxy) is 2. The van der Waals surface area contributed by atoms with Gasteiger partial charge in [-0.3, -0.25) is 4.79 Å². The third-order valence-electron chi connectivity index (χ3n) is 3.51. The molecular weight excluding hydrogens is 344 g/mol. The molecule has 0 aliphatic carbocycles. The maximum Gasteiger partial charge on any atom is 0.344 e. The second-order valence-corrected chi connectivity index (χ2v) is 5.85. The van der Waals surface area contributed by atoms with Gasteiger partial charge in [0.15, 0.2) is 13.2 Å². The summed E-state index contributed by atoms with van der Waals surface area (Å²) in [6, 6.07) is 6.58. The molecule has 0 bridgehead atoms. The number of rotatable bonds is 6. The zero-order valence-corrected chi connectivity index (χ0v) is 14.7. The fourth-order valence-electron chi connectivity index (χ4n) is 2.49. The van der Waals surface area contributed by atoms with E-state index in [1.165, 1.54) is 0 Å². The molecule has 0 heterocycles. The molecule has 0 unspecified atom stereocenters. The van der Waals surface area contributed by atoms with E-state index in [9.17, 15) is 18.4 Å². The first-order valence-electron chi connectivity index (χ1n) is 7.87. The summed E-state index contributed by atoms with van der Waals surface area (Å²) in [6.45, 7) is 4.73. The van der Waals surface area contributed by atoms with Crippen molar-refractivity contribution < 1.29 is 27.8 Å². The van der Waals surface area contributed by atoms with Gasteiger partial charge in [0.05, 0.1) is 5.69 Å². The van der Waals surface area contributed by atoms with E-state index >= 15 is 0 Å². The highest BCUT2D eigenvalue weighted by atomic mass is 19.1. The molecule has 1 amide bonds. The van der Waals surface area contributed by atoms with Crippen LogP contribution in [-0.4, -0.2) is 25.1 Å². The zero-order chi connectivity index (χ0) is 19.3. The Hall–Kier alpha value is -2.96. The van der Waals surface area contributed by atoms with Gasteiger partial charge < -0.3 is 14.8 Å². The maximum absolute atomic E-state index is 13.4. The van der Waals surface area contributed by atoms with E-state index in [1.807, 2.05) is 32.9 Å². The number of halogens is 2.